The molecule has 2 heterocycles. The highest BCUT2D eigenvalue weighted by molar-refractivity contribution is 14.0. The van der Waals surface area contributed by atoms with Crippen LogP contribution >= 0.6 is 35.3 Å². The van der Waals surface area contributed by atoms with Gasteiger partial charge in [0.25, 0.3) is 0 Å². The highest BCUT2D eigenvalue weighted by Gasteiger charge is 2.50. The molecule has 27 heavy (non-hydrogen) atoms. The van der Waals surface area contributed by atoms with Gasteiger partial charge in [-0.25, -0.2) is 8.42 Å². The molecule has 0 saturated carbocycles. The zero-order chi connectivity index (χ0) is 19.4. The van der Waals surface area contributed by atoms with Crippen molar-refractivity contribution < 1.29 is 21.6 Å². The fraction of sp³-hybridized carbons (Fsp3) is 0.667. The van der Waals surface area contributed by atoms with Crippen molar-refractivity contribution in [1.82, 2.24) is 14.5 Å². The minimum Gasteiger partial charge on any atom is -0.356 e. The molecule has 2 rings (SSSR count). The number of rotatable bonds is 5. The lowest BCUT2D eigenvalue weighted by Crippen LogP contribution is -2.47. The lowest BCUT2D eigenvalue weighted by atomic mass is 9.98. The van der Waals surface area contributed by atoms with E-state index < -0.39 is 15.5 Å². The second-order valence-corrected chi connectivity index (χ2v) is 8.92. The van der Waals surface area contributed by atoms with Gasteiger partial charge in [0.05, 0.1) is 0 Å². The van der Waals surface area contributed by atoms with E-state index in [1.54, 1.807) is 18.4 Å². The molecule has 1 aromatic heterocycles. The molecule has 12 heteroatoms. The summed E-state index contributed by atoms with van der Waals surface area (Å²) in [6, 6.07) is 2.03. The smallest absolute Gasteiger partial charge is 0.356 e. The predicted octanol–water partition coefficient (Wildman–Crippen LogP) is 2.93. The van der Waals surface area contributed by atoms with Crippen LogP contribution in [0.4, 0.5) is 13.2 Å². The number of hydrogen-bond acceptors (Lipinski definition) is 4. The van der Waals surface area contributed by atoms with Crippen molar-refractivity contribution in [3.8, 4) is 0 Å². The number of sulfonamides is 1. The number of alkyl halides is 3. The van der Waals surface area contributed by atoms with E-state index in [0.29, 0.717) is 36.2 Å². The summed E-state index contributed by atoms with van der Waals surface area (Å²) in [5.74, 6) is 0.794. The Morgan fingerprint density at radius 2 is 2.04 bits per heavy atom. The van der Waals surface area contributed by atoms with E-state index in [-0.39, 0.29) is 43.0 Å². The van der Waals surface area contributed by atoms with E-state index >= 15 is 0 Å². The minimum absolute atomic E-state index is 0. The molecular weight excluding hydrogens is 516 g/mol. The van der Waals surface area contributed by atoms with Gasteiger partial charge in [-0.2, -0.15) is 28.8 Å². The molecule has 1 fully saturated rings. The third-order valence-electron chi connectivity index (χ3n) is 4.33. The minimum atomic E-state index is -5.23. The van der Waals surface area contributed by atoms with E-state index in [9.17, 15) is 21.6 Å². The van der Waals surface area contributed by atoms with Gasteiger partial charge in [-0.1, -0.05) is 0 Å². The highest BCUT2D eigenvalue weighted by Crippen LogP contribution is 2.30. The largest absolute Gasteiger partial charge is 0.511 e. The van der Waals surface area contributed by atoms with Gasteiger partial charge in [0.1, 0.15) is 0 Å². The van der Waals surface area contributed by atoms with Crippen LogP contribution in [0.25, 0.3) is 0 Å². The third-order valence-corrected chi connectivity index (χ3v) is 6.69. The molecule has 0 aliphatic carbocycles. The van der Waals surface area contributed by atoms with Gasteiger partial charge >= 0.3 is 15.5 Å². The van der Waals surface area contributed by atoms with Crippen molar-refractivity contribution in [2.75, 3.05) is 33.7 Å². The van der Waals surface area contributed by atoms with Crippen LogP contribution < -0.4 is 5.32 Å². The van der Waals surface area contributed by atoms with Gasteiger partial charge < -0.3 is 10.2 Å². The molecule has 156 valence electrons. The van der Waals surface area contributed by atoms with Gasteiger partial charge in [-0.3, -0.25) is 4.99 Å². The topological polar surface area (TPSA) is 65.0 Å². The summed E-state index contributed by atoms with van der Waals surface area (Å²) in [4.78, 5) is 6.18. The van der Waals surface area contributed by atoms with Gasteiger partial charge in [-0.15, -0.1) is 24.0 Å². The van der Waals surface area contributed by atoms with Crippen LogP contribution in [0.2, 0.25) is 0 Å². The van der Waals surface area contributed by atoms with Crippen LogP contribution in [0.1, 0.15) is 18.4 Å². The molecule has 1 aromatic rings. The SMILES string of the molecule is CN=C(NCC1CCN(S(=O)(=O)C(F)(F)F)CC1)N(C)Cc1ccsc1.I. The third kappa shape index (κ3) is 6.46. The van der Waals surface area contributed by atoms with E-state index in [1.165, 1.54) is 5.56 Å². The van der Waals surface area contributed by atoms with E-state index in [0.717, 1.165) is 0 Å². The Hall–Kier alpha value is -0.600. The van der Waals surface area contributed by atoms with Gasteiger partial charge in [0.15, 0.2) is 5.96 Å². The van der Waals surface area contributed by atoms with Gasteiger partial charge in [0.2, 0.25) is 0 Å². The van der Waals surface area contributed by atoms with E-state index in [2.05, 4.69) is 15.7 Å². The molecule has 0 bridgehead atoms. The molecule has 0 atom stereocenters. The highest BCUT2D eigenvalue weighted by atomic mass is 127. The lowest BCUT2D eigenvalue weighted by molar-refractivity contribution is -0.0496. The van der Waals surface area contributed by atoms with Gasteiger partial charge in [0, 0.05) is 40.3 Å². The van der Waals surface area contributed by atoms with Crippen molar-refractivity contribution in [2.24, 2.45) is 10.9 Å². The average molecular weight is 540 g/mol. The van der Waals surface area contributed by atoms with Crippen molar-refractivity contribution in [1.29, 1.82) is 0 Å². The Kier molecular flexibility index (Phi) is 9.28. The maximum Gasteiger partial charge on any atom is 0.511 e. The van der Waals surface area contributed by atoms with Crippen LogP contribution in [-0.4, -0.2) is 62.8 Å². The summed E-state index contributed by atoms with van der Waals surface area (Å²) < 4.78 is 61.2. The van der Waals surface area contributed by atoms with Crippen molar-refractivity contribution in [2.45, 2.75) is 24.9 Å². The Labute approximate surface area is 178 Å². The predicted molar refractivity (Wildman–Crippen MR) is 112 cm³/mol. The van der Waals surface area contributed by atoms with Crippen molar-refractivity contribution in [3.05, 3.63) is 22.4 Å². The normalized spacial score (nSPS) is 17.4. The summed E-state index contributed by atoms with van der Waals surface area (Å²) in [6.45, 7) is 1.01. The first-order valence-corrected chi connectivity index (χ1v) is 10.5. The number of guanidine groups is 1. The number of nitrogens with zero attached hydrogens (tertiary/aromatic N) is 3. The molecule has 1 saturated heterocycles. The van der Waals surface area contributed by atoms with Crippen molar-refractivity contribution >= 4 is 51.3 Å². The summed E-state index contributed by atoms with van der Waals surface area (Å²) in [6.07, 6.45) is 0.765. The quantitative estimate of drug-likeness (QED) is 0.355. The lowest BCUT2D eigenvalue weighted by Gasteiger charge is -2.32. The molecule has 0 aromatic carbocycles. The molecule has 0 spiro atoms. The first-order chi connectivity index (χ1) is 12.1. The summed E-state index contributed by atoms with van der Waals surface area (Å²) in [5, 5.41) is 7.28. The summed E-state index contributed by atoms with van der Waals surface area (Å²) in [7, 11) is -1.64. The number of aliphatic imine (C=N–C) groups is 1. The monoisotopic (exact) mass is 540 g/mol. The molecule has 0 amide bonds. The first kappa shape index (κ1) is 24.4. The standard InChI is InChI=1S/C15H23F3N4O2S2.HI/c1-19-14(21(2)10-13-5-8-25-11-13)20-9-12-3-6-22(7-4-12)26(23,24)15(16,17)18;/h5,8,11-12H,3-4,6-7,9-10H2,1-2H3,(H,19,20);1H. The van der Waals surface area contributed by atoms with Crippen LogP contribution in [0.15, 0.2) is 21.8 Å². The molecule has 1 N–H and O–H groups in total. The maximum atomic E-state index is 12.6. The van der Waals surface area contributed by atoms with Crippen LogP contribution in [0.3, 0.4) is 0 Å². The van der Waals surface area contributed by atoms with E-state index in [1.807, 2.05) is 23.4 Å². The Balaban J connectivity index is 0.00000364. The molecule has 0 unspecified atom stereocenters. The average Bonchev–Trinajstić information content (AvgIpc) is 3.07. The number of piperidine rings is 1. The molecule has 1 aliphatic heterocycles. The van der Waals surface area contributed by atoms with Crippen LogP contribution in [0, 0.1) is 5.92 Å². The second-order valence-electron chi connectivity index (χ2n) is 6.21. The summed E-state index contributed by atoms with van der Waals surface area (Å²) in [5.41, 5.74) is -4.06. The fourth-order valence-corrected chi connectivity index (χ4v) is 4.50. The summed E-state index contributed by atoms with van der Waals surface area (Å²) >= 11 is 1.62. The Morgan fingerprint density at radius 3 is 2.52 bits per heavy atom. The molecule has 0 radical (unpaired) electrons. The molecular formula is C15H24F3IN4O2S2. The Morgan fingerprint density at radius 1 is 1.41 bits per heavy atom. The van der Waals surface area contributed by atoms with Crippen LogP contribution in [-0.2, 0) is 16.6 Å². The zero-order valence-corrected chi connectivity index (χ0v) is 19.0. The van der Waals surface area contributed by atoms with Crippen LogP contribution in [0.5, 0.6) is 0 Å². The zero-order valence-electron chi connectivity index (χ0n) is 15.1. The molecule has 1 aliphatic rings. The first-order valence-electron chi connectivity index (χ1n) is 8.14. The number of halogens is 4. The van der Waals surface area contributed by atoms with Gasteiger partial charge in [-0.05, 0) is 41.1 Å². The Bertz CT molecular complexity index is 703. The number of thiophene rings is 1. The number of nitrogens with one attached hydrogen (secondary N) is 1. The number of hydrogen-bond donors (Lipinski definition) is 1. The maximum absolute atomic E-state index is 12.6. The second kappa shape index (κ2) is 10.3. The van der Waals surface area contributed by atoms with E-state index in [4.69, 9.17) is 0 Å². The fourth-order valence-electron chi connectivity index (χ4n) is 2.85. The van der Waals surface area contributed by atoms with Crippen molar-refractivity contribution in [3.63, 3.8) is 0 Å². The molecule has 6 nitrogen and oxygen atoms in total.